The smallest absolute Gasteiger partial charge is 0.311 e. The SMILES string of the molecule is O=C(NOC1CNC1)[C@@H]1CC[C@@H]2CN1C(=O)N2OP. The van der Waals surface area contributed by atoms with Crippen molar-refractivity contribution in [2.24, 2.45) is 0 Å². The number of hydrogen-bond acceptors (Lipinski definition) is 5. The summed E-state index contributed by atoms with van der Waals surface area (Å²) in [6.45, 7) is 2.00. The first-order chi connectivity index (χ1) is 9.20. The van der Waals surface area contributed by atoms with Crippen molar-refractivity contribution in [2.45, 2.75) is 31.0 Å². The van der Waals surface area contributed by atoms with E-state index in [-0.39, 0.29) is 24.1 Å². The Kier molecular flexibility index (Phi) is 3.58. The van der Waals surface area contributed by atoms with Crippen LogP contribution in [0.3, 0.4) is 0 Å². The van der Waals surface area contributed by atoms with Gasteiger partial charge in [-0.25, -0.2) is 10.3 Å². The highest BCUT2D eigenvalue weighted by Crippen LogP contribution is 2.30. The lowest BCUT2D eigenvalue weighted by Gasteiger charge is -2.31. The second kappa shape index (κ2) is 5.20. The predicted octanol–water partition coefficient (Wildman–Crippen LogP) is -1.00. The van der Waals surface area contributed by atoms with Crippen LogP contribution in [0.4, 0.5) is 4.79 Å². The molecular formula is C10H17N4O4P. The Bertz CT molecular complexity index is 392. The summed E-state index contributed by atoms with van der Waals surface area (Å²) in [7, 11) is 2.07. The van der Waals surface area contributed by atoms with Gasteiger partial charge in [0.05, 0.1) is 6.04 Å². The lowest BCUT2D eigenvalue weighted by Crippen LogP contribution is -2.55. The molecule has 3 aliphatic rings. The maximum atomic E-state index is 12.1. The highest BCUT2D eigenvalue weighted by atomic mass is 31.0. The highest BCUT2D eigenvalue weighted by Gasteiger charge is 2.47. The molecule has 0 aromatic rings. The number of fused-ring (bicyclic) bond motifs is 2. The number of amides is 3. The van der Waals surface area contributed by atoms with E-state index >= 15 is 0 Å². The van der Waals surface area contributed by atoms with Gasteiger partial charge in [-0.3, -0.25) is 14.3 Å². The minimum atomic E-state index is -0.470. The largest absolute Gasteiger partial charge is 0.345 e. The molecule has 3 saturated heterocycles. The van der Waals surface area contributed by atoms with Crippen LogP contribution in [0.25, 0.3) is 0 Å². The normalized spacial score (nSPS) is 30.5. The van der Waals surface area contributed by atoms with E-state index in [9.17, 15) is 9.59 Å². The Balaban J connectivity index is 1.58. The van der Waals surface area contributed by atoms with Gasteiger partial charge in [-0.15, -0.1) is 0 Å². The molecule has 8 nitrogen and oxygen atoms in total. The molecule has 2 bridgehead atoms. The number of carbonyl (C=O) groups is 2. The number of carbonyl (C=O) groups excluding carboxylic acids is 2. The molecule has 0 saturated carbocycles. The number of hydrogen-bond donors (Lipinski definition) is 2. The van der Waals surface area contributed by atoms with E-state index in [2.05, 4.69) is 20.3 Å². The molecular weight excluding hydrogens is 271 g/mol. The van der Waals surface area contributed by atoms with E-state index in [4.69, 9.17) is 9.46 Å². The molecule has 19 heavy (non-hydrogen) atoms. The molecule has 3 atom stereocenters. The zero-order chi connectivity index (χ0) is 13.4. The van der Waals surface area contributed by atoms with E-state index in [0.29, 0.717) is 13.0 Å². The molecule has 3 rings (SSSR count). The monoisotopic (exact) mass is 288 g/mol. The van der Waals surface area contributed by atoms with Crippen molar-refractivity contribution >= 4 is 21.4 Å². The van der Waals surface area contributed by atoms with Crippen molar-refractivity contribution in [1.29, 1.82) is 0 Å². The molecule has 0 radical (unpaired) electrons. The summed E-state index contributed by atoms with van der Waals surface area (Å²) < 4.78 is 4.98. The molecule has 0 aromatic heterocycles. The van der Waals surface area contributed by atoms with Crippen LogP contribution in [-0.4, -0.2) is 59.7 Å². The number of nitrogens with one attached hydrogen (secondary N) is 2. The van der Waals surface area contributed by atoms with Gasteiger partial charge >= 0.3 is 6.03 Å². The lowest BCUT2D eigenvalue weighted by atomic mass is 10.0. The topological polar surface area (TPSA) is 83.1 Å². The van der Waals surface area contributed by atoms with Crippen LogP contribution in [0, 0.1) is 0 Å². The van der Waals surface area contributed by atoms with Crippen LogP contribution in [-0.2, 0) is 14.3 Å². The van der Waals surface area contributed by atoms with Crippen LogP contribution in [0.5, 0.6) is 0 Å². The van der Waals surface area contributed by atoms with Crippen molar-refractivity contribution < 1.29 is 19.1 Å². The first kappa shape index (κ1) is 13.1. The fourth-order valence-corrected chi connectivity index (χ4v) is 2.86. The Morgan fingerprint density at radius 2 is 2.21 bits per heavy atom. The molecule has 106 valence electrons. The number of piperidine rings is 1. The molecule has 9 heteroatoms. The van der Waals surface area contributed by atoms with Crippen LogP contribution in [0.2, 0.25) is 0 Å². The second-order valence-electron chi connectivity index (χ2n) is 4.98. The van der Waals surface area contributed by atoms with Gasteiger partial charge in [0, 0.05) is 29.1 Å². The van der Waals surface area contributed by atoms with Gasteiger partial charge in [0.15, 0.2) is 0 Å². The standard InChI is InChI=1S/C10H17N4O4P/c15-9(12-17-7-3-11-4-7)8-2-1-6-5-13(8)10(16)14(6)18-19/h6-8,11H,1-5,19H2,(H,12,15)/t6-,8+/m1/s1. The molecule has 3 fully saturated rings. The van der Waals surface area contributed by atoms with E-state index in [1.54, 1.807) is 0 Å². The minimum absolute atomic E-state index is 0.0291. The molecule has 2 N–H and O–H groups in total. The van der Waals surface area contributed by atoms with E-state index in [1.807, 2.05) is 0 Å². The molecule has 3 aliphatic heterocycles. The predicted molar refractivity (Wildman–Crippen MR) is 67.4 cm³/mol. The van der Waals surface area contributed by atoms with Crippen molar-refractivity contribution in [3.05, 3.63) is 0 Å². The highest BCUT2D eigenvalue weighted by molar-refractivity contribution is 7.09. The third-order valence-corrected chi connectivity index (χ3v) is 4.04. The molecule has 3 heterocycles. The van der Waals surface area contributed by atoms with Gasteiger partial charge in [0.1, 0.15) is 12.1 Å². The van der Waals surface area contributed by atoms with Gasteiger partial charge < -0.3 is 10.2 Å². The van der Waals surface area contributed by atoms with Crippen molar-refractivity contribution in [3.63, 3.8) is 0 Å². The van der Waals surface area contributed by atoms with E-state index in [0.717, 1.165) is 19.5 Å². The third-order valence-electron chi connectivity index (χ3n) is 3.81. The van der Waals surface area contributed by atoms with Gasteiger partial charge in [0.2, 0.25) is 0 Å². The lowest BCUT2D eigenvalue weighted by molar-refractivity contribution is -0.146. The molecule has 3 amide bonds. The van der Waals surface area contributed by atoms with Crippen LogP contribution in [0.15, 0.2) is 0 Å². The van der Waals surface area contributed by atoms with E-state index < -0.39 is 6.04 Å². The summed E-state index contributed by atoms with van der Waals surface area (Å²) >= 11 is 0. The number of urea groups is 1. The van der Waals surface area contributed by atoms with Gasteiger partial charge in [-0.1, -0.05) is 0 Å². The Morgan fingerprint density at radius 3 is 2.84 bits per heavy atom. The average Bonchev–Trinajstić information content (AvgIpc) is 2.59. The summed E-state index contributed by atoms with van der Waals surface area (Å²) in [5.74, 6) is -0.260. The van der Waals surface area contributed by atoms with Gasteiger partial charge in [0.25, 0.3) is 5.91 Å². The summed E-state index contributed by atoms with van der Waals surface area (Å²) in [6, 6.07) is -0.698. The minimum Gasteiger partial charge on any atom is -0.311 e. The van der Waals surface area contributed by atoms with Crippen LogP contribution >= 0.6 is 9.47 Å². The Hall–Kier alpha value is -0.950. The summed E-state index contributed by atoms with van der Waals surface area (Å²) in [4.78, 5) is 30.9. The number of rotatable bonds is 4. The Morgan fingerprint density at radius 1 is 1.42 bits per heavy atom. The van der Waals surface area contributed by atoms with Gasteiger partial charge in [-0.05, 0) is 12.8 Å². The fourth-order valence-electron chi connectivity index (χ4n) is 2.60. The second-order valence-corrected chi connectivity index (χ2v) is 5.19. The maximum Gasteiger partial charge on any atom is 0.345 e. The summed E-state index contributed by atoms with van der Waals surface area (Å²) in [6.07, 6.45) is 1.40. The molecule has 0 spiro atoms. The zero-order valence-corrected chi connectivity index (χ0v) is 11.5. The van der Waals surface area contributed by atoms with Crippen molar-refractivity contribution in [3.8, 4) is 0 Å². The molecule has 0 aromatic carbocycles. The quantitative estimate of drug-likeness (QED) is 0.512. The average molecular weight is 288 g/mol. The zero-order valence-electron chi connectivity index (χ0n) is 10.4. The molecule has 1 unspecified atom stereocenters. The Labute approximate surface area is 113 Å². The number of hydroxylamine groups is 3. The maximum absolute atomic E-state index is 12.1. The van der Waals surface area contributed by atoms with Crippen molar-refractivity contribution in [1.82, 2.24) is 20.8 Å². The third kappa shape index (κ3) is 2.29. The molecule has 0 aliphatic carbocycles. The summed E-state index contributed by atoms with van der Waals surface area (Å²) in [5.41, 5.74) is 2.45. The van der Waals surface area contributed by atoms with Gasteiger partial charge in [-0.2, -0.15) is 5.06 Å². The fraction of sp³-hybridized carbons (Fsp3) is 0.800. The van der Waals surface area contributed by atoms with E-state index in [1.165, 1.54) is 9.96 Å². The number of nitrogens with zero attached hydrogens (tertiary/aromatic N) is 2. The first-order valence-electron chi connectivity index (χ1n) is 6.33. The van der Waals surface area contributed by atoms with Crippen molar-refractivity contribution in [2.75, 3.05) is 19.6 Å². The first-order valence-corrected chi connectivity index (χ1v) is 6.80. The van der Waals surface area contributed by atoms with Crippen LogP contribution in [0.1, 0.15) is 12.8 Å². The summed E-state index contributed by atoms with van der Waals surface area (Å²) in [5, 5.41) is 4.36. The van der Waals surface area contributed by atoms with Crippen LogP contribution < -0.4 is 10.8 Å².